The predicted octanol–water partition coefficient (Wildman–Crippen LogP) is 1.36. The van der Waals surface area contributed by atoms with E-state index in [0.717, 1.165) is 25.6 Å². The van der Waals surface area contributed by atoms with Gasteiger partial charge in [0, 0.05) is 12.1 Å². The fraction of sp³-hybridized carbons (Fsp3) is 1.00. The topological polar surface area (TPSA) is 35.5 Å². The molecule has 2 aliphatic carbocycles. The summed E-state index contributed by atoms with van der Waals surface area (Å²) in [6.45, 7) is 2.25. The summed E-state index contributed by atoms with van der Waals surface area (Å²) in [5.74, 6) is 0. The molecule has 3 nitrogen and oxygen atoms in total. The highest BCUT2D eigenvalue weighted by Gasteiger charge is 2.26. The van der Waals surface area contributed by atoms with Crippen molar-refractivity contribution >= 4 is 0 Å². The van der Waals surface area contributed by atoms with E-state index in [1.807, 2.05) is 0 Å². The fourth-order valence-electron chi connectivity index (χ4n) is 2.69. The number of aliphatic hydroxyl groups is 1. The molecule has 0 bridgehead atoms. The Hall–Kier alpha value is -0.120. The van der Waals surface area contributed by atoms with Crippen LogP contribution in [0.3, 0.4) is 0 Å². The smallest absolute Gasteiger partial charge is 0.0695 e. The maximum Gasteiger partial charge on any atom is 0.0695 e. The summed E-state index contributed by atoms with van der Waals surface area (Å²) in [5, 5.41) is 13.5. The Morgan fingerprint density at radius 1 is 1.19 bits per heavy atom. The zero-order valence-electron chi connectivity index (χ0n) is 10.5. The second-order valence-electron chi connectivity index (χ2n) is 5.48. The van der Waals surface area contributed by atoms with Gasteiger partial charge in [-0.15, -0.1) is 0 Å². The zero-order chi connectivity index (χ0) is 11.4. The highest BCUT2D eigenvalue weighted by atomic mass is 16.3. The molecule has 16 heavy (non-hydrogen) atoms. The Kier molecular flexibility index (Phi) is 4.62. The third kappa shape index (κ3) is 3.72. The van der Waals surface area contributed by atoms with Gasteiger partial charge in [0.05, 0.1) is 6.10 Å². The summed E-state index contributed by atoms with van der Waals surface area (Å²) < 4.78 is 0. The molecule has 2 fully saturated rings. The first-order chi connectivity index (χ1) is 7.77. The molecule has 2 aliphatic rings. The van der Waals surface area contributed by atoms with E-state index in [9.17, 15) is 5.11 Å². The van der Waals surface area contributed by atoms with Crippen LogP contribution >= 0.6 is 0 Å². The number of aliphatic hydroxyl groups excluding tert-OH is 1. The van der Waals surface area contributed by atoms with Gasteiger partial charge < -0.3 is 15.3 Å². The lowest BCUT2D eigenvalue weighted by atomic mass is 9.91. The average Bonchev–Trinajstić information content (AvgIpc) is 3.08. The molecule has 2 rings (SSSR count). The minimum Gasteiger partial charge on any atom is -0.391 e. The van der Waals surface area contributed by atoms with Gasteiger partial charge in [0.25, 0.3) is 0 Å². The molecule has 0 aromatic rings. The molecule has 0 spiro atoms. The van der Waals surface area contributed by atoms with Gasteiger partial charge in [0.2, 0.25) is 0 Å². The van der Waals surface area contributed by atoms with Crippen molar-refractivity contribution in [3.63, 3.8) is 0 Å². The minimum absolute atomic E-state index is 0.0878. The molecule has 2 saturated carbocycles. The van der Waals surface area contributed by atoms with Crippen LogP contribution in [0.25, 0.3) is 0 Å². The molecular formula is C13H26N2O. The van der Waals surface area contributed by atoms with Crippen LogP contribution in [0.5, 0.6) is 0 Å². The van der Waals surface area contributed by atoms with Crippen LogP contribution in [0.1, 0.15) is 44.9 Å². The molecule has 0 heterocycles. The van der Waals surface area contributed by atoms with E-state index in [1.54, 1.807) is 0 Å². The van der Waals surface area contributed by atoms with Crippen molar-refractivity contribution in [2.24, 2.45) is 0 Å². The number of likely N-dealkylation sites (N-methyl/N-ethyl adjacent to an activating group) is 1. The maximum atomic E-state index is 9.94. The second kappa shape index (κ2) is 5.99. The normalized spacial score (nSPS) is 30.9. The predicted molar refractivity (Wildman–Crippen MR) is 66.5 cm³/mol. The van der Waals surface area contributed by atoms with Crippen molar-refractivity contribution in [1.82, 2.24) is 10.2 Å². The molecule has 2 N–H and O–H groups in total. The summed E-state index contributed by atoms with van der Waals surface area (Å²) in [6.07, 6.45) is 8.52. The van der Waals surface area contributed by atoms with Crippen LogP contribution in [0, 0.1) is 0 Å². The van der Waals surface area contributed by atoms with Gasteiger partial charge in [-0.2, -0.15) is 0 Å². The SMILES string of the molecule is CN(CCCNC1CC1)C1CCCCC1O. The van der Waals surface area contributed by atoms with Crippen LogP contribution in [0.15, 0.2) is 0 Å². The Morgan fingerprint density at radius 3 is 2.62 bits per heavy atom. The highest BCUT2D eigenvalue weighted by molar-refractivity contribution is 4.83. The van der Waals surface area contributed by atoms with E-state index in [0.29, 0.717) is 6.04 Å². The standard InChI is InChI=1S/C13H26N2O/c1-15(10-4-9-14-11-7-8-11)12-5-2-3-6-13(12)16/h11-14,16H,2-10H2,1H3. The Balaban J connectivity index is 1.59. The van der Waals surface area contributed by atoms with Crippen LogP contribution in [-0.2, 0) is 0 Å². The van der Waals surface area contributed by atoms with E-state index in [2.05, 4.69) is 17.3 Å². The summed E-state index contributed by atoms with van der Waals surface area (Å²) in [4.78, 5) is 2.36. The number of nitrogens with one attached hydrogen (secondary N) is 1. The lowest BCUT2D eigenvalue weighted by molar-refractivity contribution is 0.0318. The first-order valence-corrected chi connectivity index (χ1v) is 6.89. The second-order valence-corrected chi connectivity index (χ2v) is 5.48. The first kappa shape index (κ1) is 12.3. The first-order valence-electron chi connectivity index (χ1n) is 6.89. The van der Waals surface area contributed by atoms with Gasteiger partial charge in [0.15, 0.2) is 0 Å². The quantitative estimate of drug-likeness (QED) is 0.671. The molecule has 2 atom stereocenters. The Bertz CT molecular complexity index is 206. The van der Waals surface area contributed by atoms with Crippen LogP contribution in [0.4, 0.5) is 0 Å². The lowest BCUT2D eigenvalue weighted by Crippen LogP contribution is -2.44. The summed E-state index contributed by atoms with van der Waals surface area (Å²) >= 11 is 0. The maximum absolute atomic E-state index is 9.94. The molecule has 0 amide bonds. The van der Waals surface area contributed by atoms with E-state index in [-0.39, 0.29) is 6.10 Å². The van der Waals surface area contributed by atoms with Gasteiger partial charge in [0.1, 0.15) is 0 Å². The Morgan fingerprint density at radius 2 is 1.94 bits per heavy atom. The highest BCUT2D eigenvalue weighted by Crippen LogP contribution is 2.22. The average molecular weight is 226 g/mol. The molecular weight excluding hydrogens is 200 g/mol. The van der Waals surface area contributed by atoms with Crippen molar-refractivity contribution in [3.8, 4) is 0 Å². The summed E-state index contributed by atoms with van der Waals surface area (Å²) in [5.41, 5.74) is 0. The van der Waals surface area contributed by atoms with E-state index in [1.165, 1.54) is 38.5 Å². The van der Waals surface area contributed by atoms with E-state index in [4.69, 9.17) is 0 Å². The van der Waals surface area contributed by atoms with Gasteiger partial charge in [-0.05, 0) is 52.2 Å². The van der Waals surface area contributed by atoms with Gasteiger partial charge >= 0.3 is 0 Å². The third-order valence-electron chi connectivity index (χ3n) is 3.96. The van der Waals surface area contributed by atoms with Crippen molar-refractivity contribution in [2.45, 2.75) is 63.1 Å². The van der Waals surface area contributed by atoms with Crippen molar-refractivity contribution in [2.75, 3.05) is 20.1 Å². The van der Waals surface area contributed by atoms with Crippen LogP contribution in [-0.4, -0.2) is 48.3 Å². The number of hydrogen-bond acceptors (Lipinski definition) is 3. The Labute approximate surface area is 99.2 Å². The minimum atomic E-state index is -0.0878. The van der Waals surface area contributed by atoms with E-state index < -0.39 is 0 Å². The van der Waals surface area contributed by atoms with E-state index >= 15 is 0 Å². The van der Waals surface area contributed by atoms with Gasteiger partial charge in [-0.3, -0.25) is 0 Å². The monoisotopic (exact) mass is 226 g/mol. The van der Waals surface area contributed by atoms with Crippen molar-refractivity contribution in [1.29, 1.82) is 0 Å². The van der Waals surface area contributed by atoms with Crippen molar-refractivity contribution < 1.29 is 5.11 Å². The number of nitrogens with zero attached hydrogens (tertiary/aromatic N) is 1. The molecule has 0 aromatic carbocycles. The summed E-state index contributed by atoms with van der Waals surface area (Å²) in [7, 11) is 2.16. The third-order valence-corrected chi connectivity index (χ3v) is 3.96. The van der Waals surface area contributed by atoms with Gasteiger partial charge in [-0.25, -0.2) is 0 Å². The molecule has 2 unspecified atom stereocenters. The molecule has 0 saturated heterocycles. The van der Waals surface area contributed by atoms with Gasteiger partial charge in [-0.1, -0.05) is 12.8 Å². The number of hydrogen-bond donors (Lipinski definition) is 2. The van der Waals surface area contributed by atoms with Crippen LogP contribution in [0.2, 0.25) is 0 Å². The molecule has 3 heteroatoms. The largest absolute Gasteiger partial charge is 0.391 e. The van der Waals surface area contributed by atoms with Crippen LogP contribution < -0.4 is 5.32 Å². The zero-order valence-corrected chi connectivity index (χ0v) is 10.5. The lowest BCUT2D eigenvalue weighted by Gasteiger charge is -2.35. The molecule has 0 radical (unpaired) electrons. The van der Waals surface area contributed by atoms with Crippen molar-refractivity contribution in [3.05, 3.63) is 0 Å². The molecule has 94 valence electrons. The molecule has 0 aliphatic heterocycles. The number of rotatable bonds is 6. The fourth-order valence-corrected chi connectivity index (χ4v) is 2.69. The summed E-state index contributed by atoms with van der Waals surface area (Å²) in [6, 6.07) is 1.24. The molecule has 0 aromatic heterocycles.